The highest BCUT2D eigenvalue weighted by Crippen LogP contribution is 2.12. The number of aromatic nitrogens is 2. The monoisotopic (exact) mass is 263 g/mol. The van der Waals surface area contributed by atoms with Crippen molar-refractivity contribution in [3.63, 3.8) is 0 Å². The first-order chi connectivity index (χ1) is 8.63. The molecule has 0 atom stereocenters. The summed E-state index contributed by atoms with van der Waals surface area (Å²) in [4.78, 5) is 8.08. The number of benzene rings is 1. The Hall–Kier alpha value is -1.81. The van der Waals surface area contributed by atoms with Gasteiger partial charge in [0.05, 0.1) is 0 Å². The molecule has 0 aliphatic carbocycles. The number of aryl methyl sites for hydroxylation is 1. The molecule has 1 aromatic heterocycles. The first kappa shape index (κ1) is 12.6. The molecule has 0 bridgehead atoms. The van der Waals surface area contributed by atoms with E-state index in [1.165, 1.54) is 0 Å². The molecule has 2 aromatic rings. The molecular weight excluding hydrogens is 250 g/mol. The van der Waals surface area contributed by atoms with E-state index >= 15 is 0 Å². The molecule has 0 radical (unpaired) electrons. The zero-order valence-electron chi connectivity index (χ0n) is 10.0. The third-order valence-corrected chi connectivity index (χ3v) is 2.65. The fourth-order valence-corrected chi connectivity index (χ4v) is 1.84. The summed E-state index contributed by atoms with van der Waals surface area (Å²) in [6.07, 6.45) is 0.848. The maximum absolute atomic E-state index is 9.17. The van der Waals surface area contributed by atoms with Gasteiger partial charge in [0, 0.05) is 18.3 Å². The average Bonchev–Trinajstić information content (AvgIpc) is 2.30. The summed E-state index contributed by atoms with van der Waals surface area (Å²) in [5.41, 5.74) is 1.99. The summed E-state index contributed by atoms with van der Waals surface area (Å²) in [5.74, 6) is 1.01. The maximum atomic E-state index is 9.17. The Morgan fingerprint density at radius 3 is 2.61 bits per heavy atom. The van der Waals surface area contributed by atoms with E-state index in [2.05, 4.69) is 15.3 Å². The molecule has 18 heavy (non-hydrogen) atoms. The van der Waals surface area contributed by atoms with Crippen LogP contribution >= 0.6 is 11.6 Å². The van der Waals surface area contributed by atoms with E-state index in [0.29, 0.717) is 0 Å². The summed E-state index contributed by atoms with van der Waals surface area (Å²) < 4.78 is 0. The number of phenols is 1. The molecule has 0 unspecified atom stereocenters. The second-order valence-corrected chi connectivity index (χ2v) is 4.34. The highest BCUT2D eigenvalue weighted by molar-refractivity contribution is 6.28. The fraction of sp³-hybridized carbons (Fsp3) is 0.231. The first-order valence-electron chi connectivity index (χ1n) is 5.66. The third-order valence-electron chi connectivity index (χ3n) is 2.48. The lowest BCUT2D eigenvalue weighted by atomic mass is 10.1. The summed E-state index contributed by atoms with van der Waals surface area (Å²) >= 11 is 5.77. The van der Waals surface area contributed by atoms with Gasteiger partial charge in [-0.3, -0.25) is 0 Å². The smallest absolute Gasteiger partial charge is 0.224 e. The average molecular weight is 264 g/mol. The number of hydrogen-bond acceptors (Lipinski definition) is 4. The van der Waals surface area contributed by atoms with Crippen LogP contribution < -0.4 is 5.32 Å². The second kappa shape index (κ2) is 5.69. The van der Waals surface area contributed by atoms with E-state index in [1.54, 1.807) is 12.1 Å². The molecular formula is C13H14ClN3O. The van der Waals surface area contributed by atoms with Crippen molar-refractivity contribution in [2.45, 2.75) is 13.3 Å². The second-order valence-electron chi connectivity index (χ2n) is 4.01. The Balaban J connectivity index is 1.90. The van der Waals surface area contributed by atoms with Crippen LogP contribution in [-0.2, 0) is 6.42 Å². The Kier molecular flexibility index (Phi) is 3.99. The third kappa shape index (κ3) is 3.60. The highest BCUT2D eigenvalue weighted by atomic mass is 35.5. The van der Waals surface area contributed by atoms with Gasteiger partial charge in [-0.2, -0.15) is 0 Å². The van der Waals surface area contributed by atoms with Gasteiger partial charge in [0.25, 0.3) is 0 Å². The van der Waals surface area contributed by atoms with E-state index in [0.717, 1.165) is 30.0 Å². The van der Waals surface area contributed by atoms with Gasteiger partial charge < -0.3 is 10.4 Å². The fourth-order valence-electron chi connectivity index (χ4n) is 1.62. The predicted molar refractivity (Wildman–Crippen MR) is 72.1 cm³/mol. The summed E-state index contributed by atoms with van der Waals surface area (Å²) in [6, 6.07) is 9.01. The number of rotatable bonds is 4. The number of phenolic OH excluding ortho intramolecular Hbond substituents is 1. The Morgan fingerprint density at radius 2 is 1.94 bits per heavy atom. The normalized spacial score (nSPS) is 10.3. The molecule has 0 spiro atoms. The van der Waals surface area contributed by atoms with E-state index in [1.807, 2.05) is 25.1 Å². The predicted octanol–water partition coefficient (Wildman–Crippen LogP) is 2.80. The van der Waals surface area contributed by atoms with Crippen LogP contribution in [-0.4, -0.2) is 21.6 Å². The number of nitrogens with zero attached hydrogens (tertiary/aromatic N) is 2. The van der Waals surface area contributed by atoms with Gasteiger partial charge in [0.15, 0.2) is 0 Å². The molecule has 0 saturated carbocycles. The molecule has 0 fully saturated rings. The topological polar surface area (TPSA) is 58.0 Å². The maximum Gasteiger partial charge on any atom is 0.224 e. The van der Waals surface area contributed by atoms with Gasteiger partial charge >= 0.3 is 0 Å². The van der Waals surface area contributed by atoms with E-state index in [9.17, 15) is 5.11 Å². The number of nitrogens with one attached hydrogen (secondary N) is 1. The minimum absolute atomic E-state index is 0.252. The lowest BCUT2D eigenvalue weighted by molar-refractivity contribution is 0.475. The number of hydrogen-bond donors (Lipinski definition) is 2. The molecule has 2 N–H and O–H groups in total. The van der Waals surface area contributed by atoms with Crippen molar-refractivity contribution in [2.75, 3.05) is 11.9 Å². The lowest BCUT2D eigenvalue weighted by Crippen LogP contribution is -2.07. The van der Waals surface area contributed by atoms with Crippen LogP contribution in [0, 0.1) is 6.92 Å². The summed E-state index contributed by atoms with van der Waals surface area (Å²) in [5, 5.41) is 12.6. The molecule has 4 nitrogen and oxygen atoms in total. The Labute approximate surface area is 111 Å². The zero-order chi connectivity index (χ0) is 13.0. The van der Waals surface area contributed by atoms with Crippen LogP contribution in [0.2, 0.25) is 5.28 Å². The summed E-state index contributed by atoms with van der Waals surface area (Å²) in [6.45, 7) is 2.62. The largest absolute Gasteiger partial charge is 0.508 e. The van der Waals surface area contributed by atoms with Crippen LogP contribution in [0.25, 0.3) is 0 Å². The highest BCUT2D eigenvalue weighted by Gasteiger charge is 1.99. The SMILES string of the molecule is Cc1cc(NCCc2ccc(O)cc2)nc(Cl)n1. The van der Waals surface area contributed by atoms with Crippen LogP contribution in [0.4, 0.5) is 5.82 Å². The van der Waals surface area contributed by atoms with Crippen LogP contribution in [0.1, 0.15) is 11.3 Å². The van der Waals surface area contributed by atoms with Crippen molar-refractivity contribution in [2.24, 2.45) is 0 Å². The minimum atomic E-state index is 0.252. The van der Waals surface area contributed by atoms with Crippen LogP contribution in [0.3, 0.4) is 0 Å². The Morgan fingerprint density at radius 1 is 1.22 bits per heavy atom. The minimum Gasteiger partial charge on any atom is -0.508 e. The van der Waals surface area contributed by atoms with Crippen LogP contribution in [0.15, 0.2) is 30.3 Å². The number of halogens is 1. The number of aromatic hydroxyl groups is 1. The quantitative estimate of drug-likeness (QED) is 0.833. The molecule has 0 aliphatic rings. The molecule has 0 amide bonds. The molecule has 5 heteroatoms. The molecule has 1 heterocycles. The van der Waals surface area contributed by atoms with Crippen molar-refractivity contribution in [3.05, 3.63) is 46.9 Å². The van der Waals surface area contributed by atoms with Crippen molar-refractivity contribution in [3.8, 4) is 5.75 Å². The molecule has 0 saturated heterocycles. The van der Waals surface area contributed by atoms with Gasteiger partial charge in [-0.25, -0.2) is 9.97 Å². The first-order valence-corrected chi connectivity index (χ1v) is 6.04. The van der Waals surface area contributed by atoms with E-state index in [4.69, 9.17) is 11.6 Å². The molecule has 94 valence electrons. The van der Waals surface area contributed by atoms with Crippen molar-refractivity contribution >= 4 is 17.4 Å². The lowest BCUT2D eigenvalue weighted by Gasteiger charge is -2.06. The van der Waals surface area contributed by atoms with Gasteiger partial charge in [-0.05, 0) is 42.6 Å². The standard InChI is InChI=1S/C13H14ClN3O/c1-9-8-12(17-13(14)16-9)15-7-6-10-2-4-11(18)5-3-10/h2-5,8,18H,6-7H2,1H3,(H,15,16,17). The van der Waals surface area contributed by atoms with Crippen molar-refractivity contribution in [1.29, 1.82) is 0 Å². The van der Waals surface area contributed by atoms with Gasteiger partial charge in [0.2, 0.25) is 5.28 Å². The molecule has 2 rings (SSSR count). The Bertz CT molecular complexity index is 508. The van der Waals surface area contributed by atoms with Gasteiger partial charge in [-0.15, -0.1) is 0 Å². The van der Waals surface area contributed by atoms with E-state index in [-0.39, 0.29) is 11.0 Å². The molecule has 0 aliphatic heterocycles. The van der Waals surface area contributed by atoms with Crippen molar-refractivity contribution in [1.82, 2.24) is 9.97 Å². The van der Waals surface area contributed by atoms with Crippen LogP contribution in [0.5, 0.6) is 5.75 Å². The summed E-state index contributed by atoms with van der Waals surface area (Å²) in [7, 11) is 0. The van der Waals surface area contributed by atoms with E-state index < -0.39 is 0 Å². The van der Waals surface area contributed by atoms with Crippen molar-refractivity contribution < 1.29 is 5.11 Å². The number of anilines is 1. The van der Waals surface area contributed by atoms with Gasteiger partial charge in [0.1, 0.15) is 11.6 Å². The van der Waals surface area contributed by atoms with Gasteiger partial charge in [-0.1, -0.05) is 12.1 Å². The molecule has 1 aromatic carbocycles. The zero-order valence-corrected chi connectivity index (χ0v) is 10.8.